The van der Waals surface area contributed by atoms with Crippen LogP contribution in [-0.2, 0) is 21.9 Å². The summed E-state index contributed by atoms with van der Waals surface area (Å²) >= 11 is 8.96. The molecule has 13 heteroatoms. The SMILES string of the molecule is CCOc1cc(C2/C(=C(\O)c3nc4c(C)cccn4c3C)C(=O)C(=O)N2c2nnc(SCc3ccccc3Cl)s2)ccc1OCc1ccccc1. The maximum Gasteiger partial charge on any atom is 0.301 e. The Balaban J connectivity index is 1.32. The van der Waals surface area contributed by atoms with Crippen molar-refractivity contribution in [2.24, 2.45) is 0 Å². The summed E-state index contributed by atoms with van der Waals surface area (Å²) in [4.78, 5) is 34.0. The molecule has 0 aliphatic carbocycles. The second-order valence-corrected chi connectivity index (χ2v) is 14.3. The standard InChI is InChI=1S/C38H32ClN5O5S2/c1-4-48-29-19-25(16-17-28(29)49-20-24-12-6-5-7-13-24)32-30(33(45)31-23(3)43-18-10-11-22(2)35(43)40-31)34(46)36(47)44(32)37-41-42-38(51-37)50-21-26-14-8-9-15-27(26)39/h5-19,32,45H,4,20-21H2,1-3H3/b33-30+. The van der Waals surface area contributed by atoms with Crippen LogP contribution in [0, 0.1) is 13.8 Å². The van der Waals surface area contributed by atoms with Gasteiger partial charge < -0.3 is 19.0 Å². The number of aryl methyl sites for hydroxylation is 2. The van der Waals surface area contributed by atoms with Crippen LogP contribution in [0.25, 0.3) is 11.4 Å². The molecule has 1 unspecified atom stereocenters. The van der Waals surface area contributed by atoms with Crippen LogP contribution in [-0.4, -0.2) is 43.0 Å². The highest BCUT2D eigenvalue weighted by molar-refractivity contribution is 8.00. The second kappa shape index (κ2) is 14.6. The van der Waals surface area contributed by atoms with Gasteiger partial charge in [0.25, 0.3) is 5.78 Å². The van der Waals surface area contributed by atoms with Crippen LogP contribution in [0.4, 0.5) is 5.13 Å². The number of anilines is 1. The van der Waals surface area contributed by atoms with Gasteiger partial charge in [-0.15, -0.1) is 10.2 Å². The number of carbonyl (C=O) groups excluding carboxylic acids is 2. The van der Waals surface area contributed by atoms with Crippen molar-refractivity contribution in [2.75, 3.05) is 11.5 Å². The molecule has 1 fully saturated rings. The molecule has 1 aliphatic heterocycles. The fraction of sp³-hybridized carbons (Fsp3) is 0.184. The quantitative estimate of drug-likeness (QED) is 0.0460. The van der Waals surface area contributed by atoms with Crippen molar-refractivity contribution >= 4 is 62.9 Å². The molecule has 51 heavy (non-hydrogen) atoms. The number of rotatable bonds is 11. The van der Waals surface area contributed by atoms with Crippen LogP contribution in [0.3, 0.4) is 0 Å². The van der Waals surface area contributed by atoms with E-state index in [4.69, 9.17) is 26.1 Å². The van der Waals surface area contributed by atoms with Crippen molar-refractivity contribution in [3.8, 4) is 11.5 Å². The van der Waals surface area contributed by atoms with Gasteiger partial charge in [0.15, 0.2) is 21.6 Å². The number of ether oxygens (including phenoxy) is 2. The van der Waals surface area contributed by atoms with Gasteiger partial charge >= 0.3 is 5.91 Å². The maximum absolute atomic E-state index is 14.0. The van der Waals surface area contributed by atoms with Crippen LogP contribution in [0.15, 0.2) is 101 Å². The Morgan fingerprint density at radius 1 is 0.961 bits per heavy atom. The normalized spacial score (nSPS) is 15.5. The number of thioether (sulfide) groups is 1. The van der Waals surface area contributed by atoms with Crippen LogP contribution >= 0.6 is 34.7 Å². The molecule has 6 aromatic rings. The molecule has 1 saturated heterocycles. The number of pyridine rings is 1. The van der Waals surface area contributed by atoms with Crippen molar-refractivity contribution in [2.45, 2.75) is 43.5 Å². The van der Waals surface area contributed by atoms with Gasteiger partial charge in [0.2, 0.25) is 5.13 Å². The second-order valence-electron chi connectivity index (χ2n) is 11.7. The number of halogens is 1. The minimum absolute atomic E-state index is 0.120. The first-order valence-electron chi connectivity index (χ1n) is 16.1. The summed E-state index contributed by atoms with van der Waals surface area (Å²) in [5.41, 5.74) is 4.63. The molecule has 1 aliphatic rings. The summed E-state index contributed by atoms with van der Waals surface area (Å²) in [6.45, 7) is 6.23. The lowest BCUT2D eigenvalue weighted by atomic mass is 9.96. The topological polar surface area (TPSA) is 119 Å². The molecule has 1 atom stereocenters. The number of amides is 1. The Kier molecular flexibility index (Phi) is 9.81. The third-order valence-electron chi connectivity index (χ3n) is 8.48. The number of nitrogens with zero attached hydrogens (tertiary/aromatic N) is 5. The van der Waals surface area contributed by atoms with Crippen molar-refractivity contribution in [3.05, 3.63) is 135 Å². The number of aliphatic hydroxyl groups is 1. The molecular formula is C38H32ClN5O5S2. The molecule has 0 radical (unpaired) electrons. The van der Waals surface area contributed by atoms with E-state index in [1.807, 2.05) is 91.2 Å². The monoisotopic (exact) mass is 737 g/mol. The highest BCUT2D eigenvalue weighted by atomic mass is 35.5. The number of Topliss-reactive ketones (excluding diaryl/α,β-unsaturated/α-hetero) is 1. The average Bonchev–Trinajstić information content (AvgIpc) is 3.82. The van der Waals surface area contributed by atoms with Gasteiger partial charge in [-0.25, -0.2) is 4.98 Å². The molecule has 10 nitrogen and oxygen atoms in total. The smallest absolute Gasteiger partial charge is 0.301 e. The van der Waals surface area contributed by atoms with Gasteiger partial charge in [-0.3, -0.25) is 14.5 Å². The summed E-state index contributed by atoms with van der Waals surface area (Å²) in [6.07, 6.45) is 1.84. The van der Waals surface area contributed by atoms with Crippen molar-refractivity contribution < 1.29 is 24.2 Å². The minimum atomic E-state index is -1.08. The number of carbonyl (C=O) groups is 2. The number of imidazole rings is 1. The van der Waals surface area contributed by atoms with Gasteiger partial charge in [-0.1, -0.05) is 95.4 Å². The predicted molar refractivity (Wildman–Crippen MR) is 199 cm³/mol. The lowest BCUT2D eigenvalue weighted by Crippen LogP contribution is -2.29. The van der Waals surface area contributed by atoms with E-state index in [-0.39, 0.29) is 22.2 Å². The molecular weight excluding hydrogens is 706 g/mol. The van der Waals surface area contributed by atoms with E-state index in [2.05, 4.69) is 10.2 Å². The van der Waals surface area contributed by atoms with Crippen molar-refractivity contribution in [1.82, 2.24) is 19.6 Å². The molecule has 3 aromatic carbocycles. The Morgan fingerprint density at radius 2 is 1.75 bits per heavy atom. The van der Waals surface area contributed by atoms with Gasteiger partial charge in [0.05, 0.1) is 23.9 Å². The van der Waals surface area contributed by atoms with Crippen LogP contribution in [0.2, 0.25) is 5.02 Å². The summed E-state index contributed by atoms with van der Waals surface area (Å²) < 4.78 is 14.6. The van der Waals surface area contributed by atoms with Crippen LogP contribution in [0.5, 0.6) is 11.5 Å². The van der Waals surface area contributed by atoms with E-state index in [1.54, 1.807) is 25.1 Å². The lowest BCUT2D eigenvalue weighted by Gasteiger charge is -2.23. The first-order chi connectivity index (χ1) is 24.7. The summed E-state index contributed by atoms with van der Waals surface area (Å²) in [5, 5.41) is 21.5. The van der Waals surface area contributed by atoms with Crippen molar-refractivity contribution in [3.63, 3.8) is 0 Å². The highest BCUT2D eigenvalue weighted by Gasteiger charge is 2.49. The van der Waals surface area contributed by atoms with Crippen molar-refractivity contribution in [1.29, 1.82) is 0 Å². The van der Waals surface area contributed by atoms with Gasteiger partial charge in [0, 0.05) is 17.0 Å². The number of aliphatic hydroxyl groups excluding tert-OH is 1. The summed E-state index contributed by atoms with van der Waals surface area (Å²) in [5.74, 6) is -0.660. The van der Waals surface area contributed by atoms with E-state index >= 15 is 0 Å². The summed E-state index contributed by atoms with van der Waals surface area (Å²) in [7, 11) is 0. The highest BCUT2D eigenvalue weighted by Crippen LogP contribution is 2.46. The van der Waals surface area contributed by atoms with E-state index in [0.717, 1.165) is 16.7 Å². The number of benzene rings is 3. The molecule has 1 amide bonds. The van der Waals surface area contributed by atoms with E-state index < -0.39 is 17.7 Å². The molecule has 258 valence electrons. The lowest BCUT2D eigenvalue weighted by molar-refractivity contribution is -0.132. The fourth-order valence-corrected chi connectivity index (χ4v) is 8.10. The van der Waals surface area contributed by atoms with Gasteiger partial charge in [0.1, 0.15) is 17.9 Å². The molecule has 0 saturated carbocycles. The minimum Gasteiger partial charge on any atom is -0.505 e. The Bertz CT molecular complexity index is 2300. The Labute approximate surface area is 307 Å². The molecule has 0 bridgehead atoms. The van der Waals surface area contributed by atoms with E-state index in [9.17, 15) is 14.7 Å². The largest absolute Gasteiger partial charge is 0.505 e. The molecule has 3 aromatic heterocycles. The number of fused-ring (bicyclic) bond motifs is 1. The summed E-state index contributed by atoms with van der Waals surface area (Å²) in [6, 6.07) is 25.2. The average molecular weight is 738 g/mol. The zero-order valence-electron chi connectivity index (χ0n) is 27.9. The van der Waals surface area contributed by atoms with E-state index in [0.29, 0.717) is 56.7 Å². The zero-order valence-corrected chi connectivity index (χ0v) is 30.3. The molecule has 1 N–H and O–H groups in total. The zero-order chi connectivity index (χ0) is 35.6. The number of hydrogen-bond donors (Lipinski definition) is 1. The predicted octanol–water partition coefficient (Wildman–Crippen LogP) is 8.35. The molecule has 7 rings (SSSR count). The number of ketones is 1. The van der Waals surface area contributed by atoms with Gasteiger partial charge in [-0.05, 0) is 67.3 Å². The van der Waals surface area contributed by atoms with Gasteiger partial charge in [-0.2, -0.15) is 0 Å². The van der Waals surface area contributed by atoms with Crippen LogP contribution < -0.4 is 14.4 Å². The third-order valence-corrected chi connectivity index (χ3v) is 11.0. The molecule has 4 heterocycles. The first-order valence-corrected chi connectivity index (χ1v) is 18.3. The Morgan fingerprint density at radius 3 is 2.51 bits per heavy atom. The third kappa shape index (κ3) is 6.69. The Hall–Kier alpha value is -5.17. The van der Waals surface area contributed by atoms with E-state index in [1.165, 1.54) is 28.0 Å². The number of hydrogen-bond acceptors (Lipinski definition) is 10. The number of aromatic nitrogens is 4. The fourth-order valence-electron chi connectivity index (χ4n) is 5.95. The van der Waals surface area contributed by atoms with Crippen LogP contribution in [0.1, 0.15) is 46.6 Å². The molecule has 0 spiro atoms. The maximum atomic E-state index is 14.0. The first kappa shape index (κ1) is 34.3.